The van der Waals surface area contributed by atoms with E-state index in [2.05, 4.69) is 5.32 Å². The predicted molar refractivity (Wildman–Crippen MR) is 90.6 cm³/mol. The lowest BCUT2D eigenvalue weighted by molar-refractivity contribution is -0.123. The second-order valence-corrected chi connectivity index (χ2v) is 5.81. The molecule has 122 valence electrons. The first-order valence-corrected chi connectivity index (χ1v) is 7.79. The number of benzene rings is 2. The van der Waals surface area contributed by atoms with Crippen LogP contribution >= 0.6 is 11.6 Å². The van der Waals surface area contributed by atoms with E-state index in [0.717, 1.165) is 11.1 Å². The van der Waals surface area contributed by atoms with E-state index in [-0.39, 0.29) is 18.6 Å². The minimum absolute atomic E-state index is 0.0822. The third-order valence-electron chi connectivity index (χ3n) is 3.46. The molecule has 0 heterocycles. The number of rotatable bonds is 6. The summed E-state index contributed by atoms with van der Waals surface area (Å²) in [4.78, 5) is 12.0. The molecule has 0 saturated heterocycles. The third kappa shape index (κ3) is 5.27. The molecule has 4 nitrogen and oxygen atoms in total. The lowest BCUT2D eigenvalue weighted by atomic mass is 10.1. The molecule has 0 fully saturated rings. The molecule has 0 radical (unpaired) electrons. The minimum Gasteiger partial charge on any atom is -0.484 e. The molecule has 0 saturated carbocycles. The van der Waals surface area contributed by atoms with Crippen LogP contribution in [0.3, 0.4) is 0 Å². The maximum Gasteiger partial charge on any atom is 0.258 e. The number of carbonyl (C=O) groups excluding carboxylic acids is 1. The highest BCUT2D eigenvalue weighted by Gasteiger charge is 2.10. The van der Waals surface area contributed by atoms with Gasteiger partial charge in [0.2, 0.25) is 0 Å². The van der Waals surface area contributed by atoms with Gasteiger partial charge in [-0.05, 0) is 49.2 Å². The van der Waals surface area contributed by atoms with Crippen LogP contribution in [-0.2, 0) is 4.79 Å². The zero-order chi connectivity index (χ0) is 16.8. The van der Waals surface area contributed by atoms with Crippen LogP contribution in [0.2, 0.25) is 5.02 Å². The SMILES string of the molecule is CC(O)c1cccc(OCC(=O)NC(C)c2ccc(Cl)cc2)c1. The highest BCUT2D eigenvalue weighted by atomic mass is 35.5. The molecule has 0 aliphatic heterocycles. The highest BCUT2D eigenvalue weighted by Crippen LogP contribution is 2.19. The molecule has 0 bridgehead atoms. The van der Waals surface area contributed by atoms with Crippen LogP contribution in [0.5, 0.6) is 5.75 Å². The van der Waals surface area contributed by atoms with Crippen LogP contribution in [0.25, 0.3) is 0 Å². The summed E-state index contributed by atoms with van der Waals surface area (Å²) >= 11 is 5.85. The van der Waals surface area contributed by atoms with Crippen molar-refractivity contribution in [2.45, 2.75) is 26.0 Å². The average molecular weight is 334 g/mol. The zero-order valence-electron chi connectivity index (χ0n) is 13.1. The van der Waals surface area contributed by atoms with Gasteiger partial charge in [-0.15, -0.1) is 0 Å². The summed E-state index contributed by atoms with van der Waals surface area (Å²) in [5, 5.41) is 13.1. The number of amides is 1. The van der Waals surface area contributed by atoms with Gasteiger partial charge in [0.1, 0.15) is 5.75 Å². The van der Waals surface area contributed by atoms with Crippen molar-refractivity contribution in [3.8, 4) is 5.75 Å². The van der Waals surface area contributed by atoms with E-state index in [1.165, 1.54) is 0 Å². The Hall–Kier alpha value is -2.04. The van der Waals surface area contributed by atoms with E-state index in [4.69, 9.17) is 16.3 Å². The number of halogens is 1. The van der Waals surface area contributed by atoms with Crippen molar-refractivity contribution in [1.29, 1.82) is 0 Å². The van der Waals surface area contributed by atoms with Crippen molar-refractivity contribution in [3.63, 3.8) is 0 Å². The Kier molecular flexibility index (Phi) is 6.02. The van der Waals surface area contributed by atoms with Crippen LogP contribution in [0, 0.1) is 0 Å². The largest absolute Gasteiger partial charge is 0.484 e. The molecule has 2 rings (SSSR count). The predicted octanol–water partition coefficient (Wildman–Crippen LogP) is 3.65. The summed E-state index contributed by atoms with van der Waals surface area (Å²) in [6.07, 6.45) is -0.572. The molecule has 5 heteroatoms. The van der Waals surface area contributed by atoms with E-state index in [9.17, 15) is 9.90 Å². The van der Waals surface area contributed by atoms with Gasteiger partial charge in [0, 0.05) is 5.02 Å². The van der Waals surface area contributed by atoms with Crippen molar-refractivity contribution in [2.24, 2.45) is 0 Å². The lowest BCUT2D eigenvalue weighted by Gasteiger charge is -2.15. The summed E-state index contributed by atoms with van der Waals surface area (Å²) in [5.41, 5.74) is 1.72. The van der Waals surface area contributed by atoms with Crippen LogP contribution in [0.4, 0.5) is 0 Å². The van der Waals surface area contributed by atoms with E-state index < -0.39 is 6.10 Å². The van der Waals surface area contributed by atoms with E-state index >= 15 is 0 Å². The first kappa shape index (κ1) is 17.3. The van der Waals surface area contributed by atoms with Gasteiger partial charge in [0.05, 0.1) is 12.1 Å². The molecule has 2 aromatic rings. The Morgan fingerprint density at radius 1 is 1.17 bits per heavy atom. The summed E-state index contributed by atoms with van der Waals surface area (Å²) in [6, 6.07) is 14.3. The molecule has 2 atom stereocenters. The van der Waals surface area contributed by atoms with Gasteiger partial charge >= 0.3 is 0 Å². The fourth-order valence-corrected chi connectivity index (χ4v) is 2.26. The summed E-state index contributed by atoms with van der Waals surface area (Å²) < 4.78 is 5.47. The summed E-state index contributed by atoms with van der Waals surface area (Å²) in [5.74, 6) is 0.340. The fraction of sp³-hybridized carbons (Fsp3) is 0.278. The number of ether oxygens (including phenoxy) is 1. The van der Waals surface area contributed by atoms with Crippen LogP contribution < -0.4 is 10.1 Å². The Morgan fingerprint density at radius 2 is 1.87 bits per heavy atom. The zero-order valence-corrected chi connectivity index (χ0v) is 13.9. The van der Waals surface area contributed by atoms with Crippen molar-refractivity contribution >= 4 is 17.5 Å². The standard InChI is InChI=1S/C18H20ClNO3/c1-12(14-6-8-16(19)9-7-14)20-18(22)11-23-17-5-3-4-15(10-17)13(2)21/h3-10,12-13,21H,11H2,1-2H3,(H,20,22). The van der Waals surface area contributed by atoms with Gasteiger partial charge in [0.25, 0.3) is 5.91 Å². The number of aliphatic hydroxyl groups excluding tert-OH is 1. The molecule has 2 N–H and O–H groups in total. The molecule has 0 aliphatic rings. The molecule has 1 amide bonds. The maximum absolute atomic E-state index is 12.0. The number of nitrogens with one attached hydrogen (secondary N) is 1. The smallest absolute Gasteiger partial charge is 0.258 e. The maximum atomic E-state index is 12.0. The van der Waals surface area contributed by atoms with Crippen molar-refractivity contribution in [3.05, 3.63) is 64.7 Å². The fourth-order valence-electron chi connectivity index (χ4n) is 2.13. The summed E-state index contributed by atoms with van der Waals surface area (Å²) in [7, 11) is 0. The van der Waals surface area contributed by atoms with Gasteiger partial charge < -0.3 is 15.2 Å². The highest BCUT2D eigenvalue weighted by molar-refractivity contribution is 6.30. The molecule has 0 spiro atoms. The van der Waals surface area contributed by atoms with Crippen LogP contribution in [-0.4, -0.2) is 17.6 Å². The molecule has 23 heavy (non-hydrogen) atoms. The number of hydrogen-bond acceptors (Lipinski definition) is 3. The van der Waals surface area contributed by atoms with Crippen LogP contribution in [0.15, 0.2) is 48.5 Å². The number of aliphatic hydroxyl groups is 1. The van der Waals surface area contributed by atoms with Gasteiger partial charge in [-0.25, -0.2) is 0 Å². The molecule has 2 unspecified atom stereocenters. The number of hydrogen-bond donors (Lipinski definition) is 2. The van der Waals surface area contributed by atoms with E-state index in [0.29, 0.717) is 10.8 Å². The Bertz CT molecular complexity index is 656. The molecule has 0 aliphatic carbocycles. The topological polar surface area (TPSA) is 58.6 Å². The first-order chi connectivity index (χ1) is 11.0. The van der Waals surface area contributed by atoms with Gasteiger partial charge in [-0.2, -0.15) is 0 Å². The van der Waals surface area contributed by atoms with Crippen LogP contribution in [0.1, 0.15) is 37.1 Å². The monoisotopic (exact) mass is 333 g/mol. The van der Waals surface area contributed by atoms with Crippen molar-refractivity contribution in [2.75, 3.05) is 6.61 Å². The quantitative estimate of drug-likeness (QED) is 0.848. The molecule has 0 aromatic heterocycles. The number of carbonyl (C=O) groups is 1. The third-order valence-corrected chi connectivity index (χ3v) is 3.71. The van der Waals surface area contributed by atoms with Crippen molar-refractivity contribution in [1.82, 2.24) is 5.32 Å². The molecule has 2 aromatic carbocycles. The second kappa shape index (κ2) is 7.99. The summed E-state index contributed by atoms with van der Waals surface area (Å²) in [6.45, 7) is 3.50. The second-order valence-electron chi connectivity index (χ2n) is 5.38. The minimum atomic E-state index is -0.572. The molecular formula is C18H20ClNO3. The molecular weight excluding hydrogens is 314 g/mol. The Balaban J connectivity index is 1.87. The van der Waals surface area contributed by atoms with Gasteiger partial charge in [0.15, 0.2) is 6.61 Å². The van der Waals surface area contributed by atoms with E-state index in [1.807, 2.05) is 19.1 Å². The first-order valence-electron chi connectivity index (χ1n) is 7.41. The van der Waals surface area contributed by atoms with Gasteiger partial charge in [-0.1, -0.05) is 35.9 Å². The van der Waals surface area contributed by atoms with Crippen molar-refractivity contribution < 1.29 is 14.6 Å². The van der Waals surface area contributed by atoms with Gasteiger partial charge in [-0.3, -0.25) is 4.79 Å². The Labute approximate surface area is 141 Å². The normalized spacial score (nSPS) is 13.2. The lowest BCUT2D eigenvalue weighted by Crippen LogP contribution is -2.31. The Morgan fingerprint density at radius 3 is 2.52 bits per heavy atom. The van der Waals surface area contributed by atoms with E-state index in [1.54, 1.807) is 43.3 Å². The average Bonchev–Trinajstić information content (AvgIpc) is 2.53.